The van der Waals surface area contributed by atoms with Crippen LogP contribution in [0.25, 0.3) is 0 Å². The number of aliphatic carboxylic acids is 1. The molecular weight excluding hydrogens is 1380 g/mol. The molecule has 22 nitrogen and oxygen atoms in total. The summed E-state index contributed by atoms with van der Waals surface area (Å²) in [5.41, 5.74) is 3.75. The average molecular weight is 1460 g/mol. The first-order chi connectivity index (χ1) is 48.1. The van der Waals surface area contributed by atoms with Gasteiger partial charge in [-0.15, -0.1) is 0 Å². The van der Waals surface area contributed by atoms with Crippen LogP contribution in [0, 0.1) is 17.8 Å². The first-order valence-corrected chi connectivity index (χ1v) is 32.1. The number of amides is 3. The lowest BCUT2D eigenvalue weighted by Crippen LogP contribution is -3.00. The summed E-state index contributed by atoms with van der Waals surface area (Å²) in [5.74, 6) is -3.70. The van der Waals surface area contributed by atoms with E-state index < -0.39 is 98.0 Å². The third kappa shape index (κ3) is 28.4. The van der Waals surface area contributed by atoms with Crippen LogP contribution >= 0.6 is 0 Å². The highest BCUT2D eigenvalue weighted by Crippen LogP contribution is 2.34. The highest BCUT2D eigenvalue weighted by molar-refractivity contribution is 5.95. The number of halogens is 10. The molecule has 3 amide bonds. The number of nitrogens with one attached hydrogen (secondary N) is 4. The molecule has 0 spiro atoms. The van der Waals surface area contributed by atoms with E-state index in [2.05, 4.69) is 35.4 Å². The molecule has 0 fully saturated rings. The number of esters is 2. The van der Waals surface area contributed by atoms with Gasteiger partial charge in [0.25, 0.3) is 11.6 Å². The third-order valence-electron chi connectivity index (χ3n) is 15.8. The van der Waals surface area contributed by atoms with Crippen molar-refractivity contribution < 1.29 is 124 Å². The minimum absolute atomic E-state index is 0. The Hall–Kier alpha value is -9.59. The lowest BCUT2D eigenvalue weighted by Gasteiger charge is -2.25. The van der Waals surface area contributed by atoms with Gasteiger partial charge in [-0.25, -0.2) is 9.97 Å². The number of aromatic amines is 1. The fraction of sp³-hybridized carbons (Fsp3) is 0.435. The number of hydrogen-bond acceptors (Lipinski definition) is 16. The zero-order valence-electron chi connectivity index (χ0n) is 56.2. The van der Waals surface area contributed by atoms with E-state index in [1.54, 1.807) is 67.0 Å². The maximum absolute atomic E-state index is 13.1. The van der Waals surface area contributed by atoms with Crippen molar-refractivity contribution in [2.24, 2.45) is 17.8 Å². The molecule has 0 bridgehead atoms. The molecule has 6 heterocycles. The van der Waals surface area contributed by atoms with Crippen LogP contribution in [0.5, 0.6) is 17.2 Å². The monoisotopic (exact) mass is 1460 g/mol. The van der Waals surface area contributed by atoms with E-state index in [4.69, 9.17) is 32.4 Å². The van der Waals surface area contributed by atoms with Crippen molar-refractivity contribution in [3.05, 3.63) is 161 Å². The van der Waals surface area contributed by atoms with Crippen LogP contribution in [0.2, 0.25) is 0 Å². The highest BCUT2D eigenvalue weighted by atomic mass is 35.5. The smallest absolute Gasteiger partial charge is 0.408 e. The SMILES string of the molecule is CO.COC(=O)CC1Cc2ccc(OCCCNc3cccc[nH+]3)cc2CN(CC(F)(F)F)C1=O.O=C(O)CC1Cc2ccc(OCCCNc3ccccn3)cc2CN(CC(F)(F)F)C1=O.[B][n+]1ccccc1NCCCOc1ccc2c(c1)CN(CC(F)(F)F)C(=O)C(CC(=O)OC)C2.[Cl-]. The lowest BCUT2D eigenvalue weighted by atomic mass is 9.94. The lowest BCUT2D eigenvalue weighted by molar-refractivity contribution is -0.505. The van der Waals surface area contributed by atoms with Gasteiger partial charge in [0.05, 0.1) is 96.5 Å². The van der Waals surface area contributed by atoms with Crippen LogP contribution in [0.3, 0.4) is 0 Å². The van der Waals surface area contributed by atoms with E-state index in [1.165, 1.54) is 18.7 Å². The Bertz CT molecular complexity index is 3670. The van der Waals surface area contributed by atoms with Gasteiger partial charge in [-0.1, -0.05) is 36.4 Å². The van der Waals surface area contributed by atoms with Gasteiger partial charge in [-0.3, -0.25) is 39.4 Å². The van der Waals surface area contributed by atoms with Crippen LogP contribution in [-0.2, 0) is 77.1 Å². The van der Waals surface area contributed by atoms with Gasteiger partial charge in [-0.05, 0) is 120 Å². The number of ether oxygens (including phenoxy) is 5. The molecule has 0 aliphatic carbocycles. The molecule has 552 valence electrons. The number of carboxylic acids is 1. The molecule has 3 aromatic heterocycles. The summed E-state index contributed by atoms with van der Waals surface area (Å²) in [7, 11) is 9.17. The van der Waals surface area contributed by atoms with Crippen molar-refractivity contribution in [3.63, 3.8) is 0 Å². The molecule has 3 aromatic carbocycles. The van der Waals surface area contributed by atoms with Gasteiger partial charge in [-0.2, -0.15) is 39.5 Å². The molecule has 3 unspecified atom stereocenters. The number of aliphatic hydroxyl groups excluding tert-OH is 1. The molecule has 3 aliphatic heterocycles. The number of aliphatic hydroxyl groups is 1. The maximum Gasteiger partial charge on any atom is 0.408 e. The van der Waals surface area contributed by atoms with Gasteiger partial charge in [0.15, 0.2) is 0 Å². The van der Waals surface area contributed by atoms with Crippen LogP contribution in [0.4, 0.5) is 57.0 Å². The molecule has 33 heteroatoms. The number of H-pyrrole nitrogens is 1. The number of hydrogen-bond donors (Lipinski definition) is 5. The summed E-state index contributed by atoms with van der Waals surface area (Å²) in [5, 5.41) is 25.6. The van der Waals surface area contributed by atoms with E-state index >= 15 is 0 Å². The van der Waals surface area contributed by atoms with Gasteiger partial charge in [0.1, 0.15) is 42.7 Å². The highest BCUT2D eigenvalue weighted by Gasteiger charge is 2.42. The molecule has 3 atom stereocenters. The predicted molar refractivity (Wildman–Crippen MR) is 350 cm³/mol. The van der Waals surface area contributed by atoms with Gasteiger partial charge >= 0.3 is 44.4 Å². The van der Waals surface area contributed by atoms with E-state index in [0.717, 1.165) is 39.9 Å². The first kappa shape index (κ1) is 83.1. The van der Waals surface area contributed by atoms with Crippen molar-refractivity contribution in [1.29, 1.82) is 0 Å². The van der Waals surface area contributed by atoms with E-state index in [-0.39, 0.29) is 64.1 Å². The number of pyridine rings is 3. The maximum atomic E-state index is 13.1. The Morgan fingerprint density at radius 3 is 1.32 bits per heavy atom. The molecule has 6 aromatic rings. The molecule has 3 aliphatic rings. The zero-order valence-corrected chi connectivity index (χ0v) is 56.9. The Morgan fingerprint density at radius 2 is 0.951 bits per heavy atom. The van der Waals surface area contributed by atoms with Crippen molar-refractivity contribution in [1.82, 2.24) is 19.7 Å². The van der Waals surface area contributed by atoms with Crippen molar-refractivity contribution >= 4 is 61.1 Å². The first-order valence-electron chi connectivity index (χ1n) is 32.1. The largest absolute Gasteiger partial charge is 1.00 e. The number of carbonyl (C=O) groups excluding carboxylic acids is 5. The zero-order chi connectivity index (χ0) is 73.7. The number of rotatable bonds is 27. The van der Waals surface area contributed by atoms with Gasteiger partial charge < -0.3 is 70.8 Å². The number of alkyl halides is 9. The molecule has 0 saturated heterocycles. The Balaban J connectivity index is 0.000000271. The predicted octanol–water partition coefficient (Wildman–Crippen LogP) is 5.53. The van der Waals surface area contributed by atoms with Crippen molar-refractivity contribution in [3.8, 4) is 17.2 Å². The summed E-state index contributed by atoms with van der Waals surface area (Å²) in [6.45, 7) is -1.77. The van der Waals surface area contributed by atoms with Crippen LogP contribution in [-0.4, -0.2) is 172 Å². The van der Waals surface area contributed by atoms with Crippen molar-refractivity contribution in [2.75, 3.05) is 96.4 Å². The van der Waals surface area contributed by atoms with E-state index in [0.29, 0.717) is 109 Å². The fourth-order valence-electron chi connectivity index (χ4n) is 11.1. The number of carbonyl (C=O) groups is 6. The van der Waals surface area contributed by atoms with E-state index in [9.17, 15) is 68.3 Å². The number of benzene rings is 3. The second-order valence-corrected chi connectivity index (χ2v) is 23.5. The summed E-state index contributed by atoms with van der Waals surface area (Å²) >= 11 is 0. The molecule has 2 radical (unpaired) electrons. The second kappa shape index (κ2) is 40.8. The summed E-state index contributed by atoms with van der Waals surface area (Å²) in [4.78, 5) is 82.1. The molecule has 0 saturated carbocycles. The quantitative estimate of drug-likeness (QED) is 0.0184. The number of aromatic nitrogens is 3. The van der Waals surface area contributed by atoms with Crippen molar-refractivity contribution in [2.45, 2.75) is 96.0 Å². The minimum Gasteiger partial charge on any atom is -1.00 e. The Morgan fingerprint density at radius 1 is 0.549 bits per heavy atom. The van der Waals surface area contributed by atoms with E-state index in [1.807, 2.05) is 60.8 Å². The molecule has 9 rings (SSSR count). The fourth-order valence-corrected chi connectivity index (χ4v) is 11.1. The summed E-state index contributed by atoms with van der Waals surface area (Å²) < 4.78 is 146. The van der Waals surface area contributed by atoms with Crippen LogP contribution in [0.1, 0.15) is 71.9 Å². The van der Waals surface area contributed by atoms with Gasteiger partial charge in [0.2, 0.25) is 17.7 Å². The summed E-state index contributed by atoms with van der Waals surface area (Å²) in [6.07, 6.45) is -7.11. The van der Waals surface area contributed by atoms with Gasteiger partial charge in [0, 0.05) is 64.5 Å². The topological polar surface area (TPSA) is 266 Å². The normalized spacial score (nSPS) is 15.7. The van der Waals surface area contributed by atoms with Crippen LogP contribution in [0.15, 0.2) is 128 Å². The molecule has 102 heavy (non-hydrogen) atoms. The Labute approximate surface area is 591 Å². The number of anilines is 3. The minimum atomic E-state index is -4.58. The summed E-state index contributed by atoms with van der Waals surface area (Å²) in [6, 6.07) is 32.0. The van der Waals surface area contributed by atoms with Crippen LogP contribution < -0.4 is 52.0 Å². The number of carboxylic acid groups (broad SMARTS) is 1. The third-order valence-corrected chi connectivity index (χ3v) is 15.8. The standard InChI is InChI=1S/C23H26BF3N3O4.C23H26F3N3O4.C22H24F3N3O4.CH4O.ClH/c1-33-21(31)13-17-11-16-6-7-19(12-18(16)14-29(22(17)32)15-23(25,26)27)34-10-4-8-28-20-5-2-3-9-30(20)24;1-32-21(30)13-17-11-16-6-7-19(33-10-4-9-28-20-5-2-3-8-27-20)12-18(16)14-29(22(17)31)15-23(24,25)26;23-22(24,25)14-28-13-17-11-18(32-9-3-8-27-19-4-1-2-7-26-19)6-5-15(17)10-16(21(28)31)12-20(29)30;1-2;/h2-3,5-7,9,12,17,28H,4,8,10-11,13-15H2,1H3;2-3,5-8,12,17H,4,9-11,13-15H2,1H3,(H,27,28);1-2,4-7,11,16H,3,8-10,12-14H2,(H,26,27)(H,29,30);2H,1H3;1H/q+1;;;;. The second-order valence-electron chi connectivity index (χ2n) is 23.5. The number of fused-ring (bicyclic) bond motifs is 3. The average Bonchev–Trinajstić information content (AvgIpc) is 1.70. The molecular formula is C69H81BClF9N9O13+. The Kier molecular flexibility index (Phi) is 33.2. The number of methoxy groups -OCH3 is 2. The molecule has 6 N–H and O–H groups in total. The number of nitrogens with zero attached hydrogens (tertiary/aromatic N) is 5.